The fourth-order valence-corrected chi connectivity index (χ4v) is 12.6. The second-order valence-electron chi connectivity index (χ2n) is 18.3. The molecule has 51 heavy (non-hydrogen) atoms. The Bertz CT molecular complexity index is 1300. The van der Waals surface area contributed by atoms with Crippen LogP contribution in [0, 0.1) is 46.3 Å². The third kappa shape index (κ3) is 5.84. The van der Waals surface area contributed by atoms with Gasteiger partial charge in [-0.2, -0.15) is 0 Å². The van der Waals surface area contributed by atoms with Crippen molar-refractivity contribution in [3.63, 3.8) is 0 Å². The number of allylic oxidation sites excluding steroid dienone is 1. The van der Waals surface area contributed by atoms with E-state index in [2.05, 4.69) is 33.8 Å². The van der Waals surface area contributed by atoms with Crippen LogP contribution in [-0.2, 0) is 28.4 Å². The molecule has 4 unspecified atom stereocenters. The van der Waals surface area contributed by atoms with Gasteiger partial charge < -0.3 is 59.1 Å². The molecule has 21 atom stereocenters. The maximum atomic E-state index is 11.1. The average Bonchev–Trinajstić information content (AvgIpc) is 3.56. The van der Waals surface area contributed by atoms with Crippen molar-refractivity contribution in [2.45, 2.75) is 172 Å². The molecule has 12 heteroatoms. The molecule has 8 aliphatic rings. The van der Waals surface area contributed by atoms with Crippen molar-refractivity contribution in [3.05, 3.63) is 11.6 Å². The molecule has 0 amide bonds. The maximum Gasteiger partial charge on any atom is 0.187 e. The minimum Gasteiger partial charge on any atom is -0.394 e. The van der Waals surface area contributed by atoms with Crippen molar-refractivity contribution in [3.8, 4) is 0 Å². The molecular formula is C39H62O12. The lowest BCUT2D eigenvalue weighted by Crippen LogP contribution is -2.64. The molecule has 0 radical (unpaired) electrons. The van der Waals surface area contributed by atoms with Crippen molar-refractivity contribution >= 4 is 0 Å². The van der Waals surface area contributed by atoms with Gasteiger partial charge in [-0.05, 0) is 98.7 Å². The third-order valence-electron chi connectivity index (χ3n) is 15.6. The highest BCUT2D eigenvalue weighted by molar-refractivity contribution is 5.26. The first-order valence-electron chi connectivity index (χ1n) is 19.8. The summed E-state index contributed by atoms with van der Waals surface area (Å²) in [5.74, 6) is 2.99. The minimum absolute atomic E-state index is 0.0757. The fourth-order valence-electron chi connectivity index (χ4n) is 12.6. The van der Waals surface area contributed by atoms with E-state index in [1.807, 2.05) is 0 Å². The molecule has 8 rings (SSSR count). The molecule has 4 aliphatic heterocycles. The summed E-state index contributed by atoms with van der Waals surface area (Å²) < 4.78 is 37.1. The Hall–Kier alpha value is -0.740. The Morgan fingerprint density at radius 3 is 2.29 bits per heavy atom. The normalized spacial score (nSPS) is 58.4. The van der Waals surface area contributed by atoms with Crippen LogP contribution >= 0.6 is 0 Å². The summed E-state index contributed by atoms with van der Waals surface area (Å²) in [6.45, 7) is 11.5. The fraction of sp³-hybridized carbons (Fsp3) is 0.949. The summed E-state index contributed by atoms with van der Waals surface area (Å²) in [6.07, 6.45) is -1.53. The second-order valence-corrected chi connectivity index (χ2v) is 18.3. The van der Waals surface area contributed by atoms with Crippen molar-refractivity contribution in [2.75, 3.05) is 13.2 Å². The number of hydrogen-bond acceptors (Lipinski definition) is 12. The minimum atomic E-state index is -1.61. The summed E-state index contributed by atoms with van der Waals surface area (Å²) in [5.41, 5.74) is 1.75. The van der Waals surface area contributed by atoms with Gasteiger partial charge >= 0.3 is 0 Å². The number of ether oxygens (including phenoxy) is 6. The molecule has 7 fully saturated rings. The number of aliphatic hydroxyl groups excluding tert-OH is 6. The topological polar surface area (TPSA) is 177 Å². The zero-order chi connectivity index (χ0) is 36.2. The number of hydrogen-bond donors (Lipinski definition) is 6. The van der Waals surface area contributed by atoms with E-state index in [9.17, 15) is 30.6 Å². The second kappa shape index (κ2) is 13.5. The summed E-state index contributed by atoms with van der Waals surface area (Å²) in [4.78, 5) is 0. The van der Waals surface area contributed by atoms with Gasteiger partial charge in [0.05, 0.1) is 31.5 Å². The van der Waals surface area contributed by atoms with Gasteiger partial charge in [-0.1, -0.05) is 39.3 Å². The van der Waals surface area contributed by atoms with Crippen LogP contribution in [0.3, 0.4) is 0 Å². The molecule has 6 N–H and O–H groups in total. The molecule has 0 aromatic heterocycles. The summed E-state index contributed by atoms with van der Waals surface area (Å²) >= 11 is 0. The van der Waals surface area contributed by atoms with E-state index in [4.69, 9.17) is 28.4 Å². The Kier molecular flexibility index (Phi) is 9.83. The lowest BCUT2D eigenvalue weighted by atomic mass is 9.47. The molecule has 1 spiro atoms. The zero-order valence-electron chi connectivity index (χ0n) is 30.9. The molecule has 3 saturated carbocycles. The van der Waals surface area contributed by atoms with Crippen LogP contribution in [0.1, 0.15) is 92.4 Å². The molecule has 4 saturated heterocycles. The SMILES string of the molecule is CC1CC[C@@]2(OC1)O[C@H]1CC3C4CC=C5C[C@@H](O[C@@H]6O[C@H](CO)[C@@H](O[C@@H]7O[C@@H](C)[C@H](O)[C@@H](O)[C@H]7O)[C@H](O)[C@H]6O)CC[C@]5(C)C4CC[C@]3(C)[C@H]1[C@@H]2C. The standard InChI is InChI=1S/C39H62O12/c1-18-8-13-39(46-17-18)19(2)28-26(51-39)15-25-23-7-6-21-14-22(9-11-37(21,4)24(23)10-12-38(25,28)5)48-36-33(45)31(43)34(27(16-40)49-36)50-35-32(44)30(42)29(41)20(3)47-35/h6,18-20,22-36,40-45H,7-17H2,1-5H3/t18?,19-,20-,22-,23?,24?,25?,26-,27+,28-,29-,30+,31+,32+,33+,34+,35-,36+,37-,38-,39+/m0/s1. The highest BCUT2D eigenvalue weighted by atomic mass is 16.7. The summed E-state index contributed by atoms with van der Waals surface area (Å²) in [7, 11) is 0. The van der Waals surface area contributed by atoms with E-state index in [0.717, 1.165) is 45.1 Å². The molecule has 0 aromatic carbocycles. The van der Waals surface area contributed by atoms with Gasteiger partial charge in [-0.3, -0.25) is 0 Å². The van der Waals surface area contributed by atoms with Gasteiger partial charge in [0.1, 0.15) is 42.7 Å². The van der Waals surface area contributed by atoms with Crippen molar-refractivity contribution in [1.82, 2.24) is 0 Å². The smallest absolute Gasteiger partial charge is 0.187 e. The molecule has 4 heterocycles. The van der Waals surface area contributed by atoms with Gasteiger partial charge in [0, 0.05) is 12.3 Å². The predicted octanol–water partition coefficient (Wildman–Crippen LogP) is 2.39. The molecule has 0 aromatic rings. The van der Waals surface area contributed by atoms with Crippen LogP contribution in [0.4, 0.5) is 0 Å². The average molecular weight is 723 g/mol. The Balaban J connectivity index is 0.915. The highest BCUT2D eigenvalue weighted by Gasteiger charge is 2.68. The van der Waals surface area contributed by atoms with E-state index in [1.54, 1.807) is 0 Å². The molecule has 4 aliphatic carbocycles. The van der Waals surface area contributed by atoms with Crippen molar-refractivity contribution < 1.29 is 59.1 Å². The first-order chi connectivity index (χ1) is 24.2. The lowest BCUT2D eigenvalue weighted by molar-refractivity contribution is -0.360. The van der Waals surface area contributed by atoms with E-state index in [1.165, 1.54) is 31.8 Å². The lowest BCUT2D eigenvalue weighted by Gasteiger charge is -2.58. The van der Waals surface area contributed by atoms with Crippen molar-refractivity contribution in [1.29, 1.82) is 0 Å². The van der Waals surface area contributed by atoms with Gasteiger partial charge in [0.15, 0.2) is 18.4 Å². The van der Waals surface area contributed by atoms with Crippen molar-refractivity contribution in [2.24, 2.45) is 46.3 Å². The van der Waals surface area contributed by atoms with Gasteiger partial charge in [-0.15, -0.1) is 0 Å². The highest BCUT2D eigenvalue weighted by Crippen LogP contribution is 2.70. The Labute approximate surface area is 301 Å². The summed E-state index contributed by atoms with van der Waals surface area (Å²) in [6, 6.07) is 0. The first-order valence-corrected chi connectivity index (χ1v) is 19.8. The molecule has 12 nitrogen and oxygen atoms in total. The number of rotatable bonds is 5. The Morgan fingerprint density at radius 1 is 0.824 bits per heavy atom. The largest absolute Gasteiger partial charge is 0.394 e. The zero-order valence-corrected chi connectivity index (χ0v) is 30.9. The maximum absolute atomic E-state index is 11.1. The van der Waals surface area contributed by atoms with Gasteiger partial charge in [-0.25, -0.2) is 0 Å². The van der Waals surface area contributed by atoms with E-state index in [-0.39, 0.29) is 23.0 Å². The van der Waals surface area contributed by atoms with Crippen LogP contribution in [0.25, 0.3) is 0 Å². The summed E-state index contributed by atoms with van der Waals surface area (Å²) in [5, 5.41) is 63.1. The van der Waals surface area contributed by atoms with E-state index >= 15 is 0 Å². The number of fused-ring (bicyclic) bond motifs is 7. The predicted molar refractivity (Wildman–Crippen MR) is 182 cm³/mol. The Morgan fingerprint density at radius 2 is 1.57 bits per heavy atom. The van der Waals surface area contributed by atoms with Crippen LogP contribution in [0.5, 0.6) is 0 Å². The first kappa shape index (κ1) is 37.2. The quantitative estimate of drug-likeness (QED) is 0.229. The van der Waals surface area contributed by atoms with E-state index in [0.29, 0.717) is 35.5 Å². The molecular weight excluding hydrogens is 660 g/mol. The number of aliphatic hydroxyl groups is 6. The van der Waals surface area contributed by atoms with Crippen LogP contribution in [-0.4, -0.2) is 123 Å². The van der Waals surface area contributed by atoms with E-state index < -0.39 is 73.8 Å². The van der Waals surface area contributed by atoms with Crippen LogP contribution in [0.15, 0.2) is 11.6 Å². The third-order valence-corrected chi connectivity index (χ3v) is 15.6. The monoisotopic (exact) mass is 722 g/mol. The van der Waals surface area contributed by atoms with Crippen LogP contribution in [0.2, 0.25) is 0 Å². The van der Waals surface area contributed by atoms with Gasteiger partial charge in [0.25, 0.3) is 0 Å². The van der Waals surface area contributed by atoms with Crippen LogP contribution < -0.4 is 0 Å². The molecule has 0 bridgehead atoms. The van der Waals surface area contributed by atoms with Gasteiger partial charge in [0.2, 0.25) is 0 Å². The molecule has 290 valence electrons.